The first-order valence-corrected chi connectivity index (χ1v) is 6.44. The molecular formula is C11H24BrNO. The summed E-state index contributed by atoms with van der Waals surface area (Å²) in [6, 6.07) is 0. The van der Waals surface area contributed by atoms with Gasteiger partial charge in [-0.2, -0.15) is 0 Å². The van der Waals surface area contributed by atoms with Gasteiger partial charge in [-0.3, -0.25) is 0 Å². The fourth-order valence-electron chi connectivity index (χ4n) is 1.51. The van der Waals surface area contributed by atoms with E-state index >= 15 is 0 Å². The van der Waals surface area contributed by atoms with E-state index in [0.717, 1.165) is 24.3 Å². The average Bonchev–Trinajstić information content (AvgIpc) is 1.98. The first-order valence-electron chi connectivity index (χ1n) is 5.32. The molecular weight excluding hydrogens is 242 g/mol. The van der Waals surface area contributed by atoms with Crippen molar-refractivity contribution < 1.29 is 5.11 Å². The number of halogens is 1. The zero-order valence-corrected chi connectivity index (χ0v) is 11.5. The maximum Gasteiger partial charge on any atom is 0.0718 e. The standard InChI is InChI=1S/C11H24BrNO/c1-10(5-7-12)6-8-13(4)9-11(2,3)14/h10,14H,5-9H2,1-4H3. The maximum atomic E-state index is 9.61. The number of rotatable bonds is 7. The number of likely N-dealkylation sites (N-methyl/N-ethyl adjacent to an activating group) is 1. The van der Waals surface area contributed by atoms with E-state index in [1.165, 1.54) is 12.8 Å². The van der Waals surface area contributed by atoms with Gasteiger partial charge in [0.1, 0.15) is 0 Å². The Labute approximate surface area is 96.8 Å². The van der Waals surface area contributed by atoms with E-state index in [-0.39, 0.29) is 0 Å². The quantitative estimate of drug-likeness (QED) is 0.716. The highest BCUT2D eigenvalue weighted by Gasteiger charge is 2.15. The van der Waals surface area contributed by atoms with Gasteiger partial charge in [-0.05, 0) is 46.2 Å². The summed E-state index contributed by atoms with van der Waals surface area (Å²) in [5, 5.41) is 10.7. The van der Waals surface area contributed by atoms with Gasteiger partial charge >= 0.3 is 0 Å². The van der Waals surface area contributed by atoms with Crippen molar-refractivity contribution in [1.29, 1.82) is 0 Å². The van der Waals surface area contributed by atoms with Crippen LogP contribution in [0.5, 0.6) is 0 Å². The predicted octanol–water partition coefficient (Wildman–Crippen LogP) is 2.50. The Morgan fingerprint density at radius 3 is 2.36 bits per heavy atom. The lowest BCUT2D eigenvalue weighted by Crippen LogP contribution is -2.37. The summed E-state index contributed by atoms with van der Waals surface area (Å²) >= 11 is 3.45. The second-order valence-corrected chi connectivity index (χ2v) is 5.71. The average molecular weight is 266 g/mol. The molecule has 1 atom stereocenters. The molecule has 0 bridgehead atoms. The van der Waals surface area contributed by atoms with Crippen LogP contribution in [0.3, 0.4) is 0 Å². The molecule has 0 aliphatic heterocycles. The number of aliphatic hydroxyl groups is 1. The van der Waals surface area contributed by atoms with Gasteiger partial charge in [-0.25, -0.2) is 0 Å². The Hall–Kier alpha value is 0.400. The summed E-state index contributed by atoms with van der Waals surface area (Å²) in [5.74, 6) is 0.763. The van der Waals surface area contributed by atoms with Crippen molar-refractivity contribution in [2.45, 2.75) is 39.2 Å². The van der Waals surface area contributed by atoms with Gasteiger partial charge in [0, 0.05) is 11.9 Å². The van der Waals surface area contributed by atoms with Gasteiger partial charge in [0.15, 0.2) is 0 Å². The molecule has 0 radical (unpaired) electrons. The summed E-state index contributed by atoms with van der Waals surface area (Å²) in [6.07, 6.45) is 2.44. The second kappa shape index (κ2) is 6.81. The highest BCUT2D eigenvalue weighted by atomic mass is 79.9. The van der Waals surface area contributed by atoms with Crippen molar-refractivity contribution in [3.63, 3.8) is 0 Å². The molecule has 3 heteroatoms. The number of nitrogens with zero attached hydrogens (tertiary/aromatic N) is 1. The molecule has 0 aromatic carbocycles. The van der Waals surface area contributed by atoms with Gasteiger partial charge in [0.05, 0.1) is 5.60 Å². The van der Waals surface area contributed by atoms with Crippen molar-refractivity contribution in [3.8, 4) is 0 Å². The van der Waals surface area contributed by atoms with Crippen LogP contribution < -0.4 is 0 Å². The fraction of sp³-hybridized carbons (Fsp3) is 1.00. The van der Waals surface area contributed by atoms with Crippen LogP contribution in [-0.4, -0.2) is 41.1 Å². The molecule has 0 aromatic heterocycles. The number of hydrogen-bond donors (Lipinski definition) is 1. The van der Waals surface area contributed by atoms with Crippen LogP contribution in [0.25, 0.3) is 0 Å². The maximum absolute atomic E-state index is 9.61. The molecule has 0 aromatic rings. The molecule has 14 heavy (non-hydrogen) atoms. The zero-order valence-electron chi connectivity index (χ0n) is 9.89. The molecule has 0 aliphatic rings. The fourth-order valence-corrected chi connectivity index (χ4v) is 2.29. The molecule has 0 saturated heterocycles. The molecule has 0 fully saturated rings. The minimum Gasteiger partial charge on any atom is -0.389 e. The second-order valence-electron chi connectivity index (χ2n) is 4.92. The van der Waals surface area contributed by atoms with Gasteiger partial charge in [-0.15, -0.1) is 0 Å². The lowest BCUT2D eigenvalue weighted by atomic mass is 10.0. The normalized spacial score (nSPS) is 14.8. The monoisotopic (exact) mass is 265 g/mol. The van der Waals surface area contributed by atoms with E-state index in [9.17, 15) is 5.11 Å². The van der Waals surface area contributed by atoms with Crippen LogP contribution >= 0.6 is 15.9 Å². The number of alkyl halides is 1. The summed E-state index contributed by atoms with van der Waals surface area (Å²) in [5.41, 5.74) is -0.576. The molecule has 0 heterocycles. The van der Waals surface area contributed by atoms with E-state index < -0.39 is 5.60 Å². The summed E-state index contributed by atoms with van der Waals surface area (Å²) < 4.78 is 0. The first kappa shape index (κ1) is 14.4. The SMILES string of the molecule is CC(CCBr)CCN(C)CC(C)(C)O. The topological polar surface area (TPSA) is 23.5 Å². The molecule has 0 rings (SSSR count). The van der Waals surface area contributed by atoms with E-state index in [0.29, 0.717) is 0 Å². The van der Waals surface area contributed by atoms with Crippen LogP contribution in [-0.2, 0) is 0 Å². The van der Waals surface area contributed by atoms with Gasteiger partial charge in [-0.1, -0.05) is 22.9 Å². The Bertz CT molecular complexity index is 145. The van der Waals surface area contributed by atoms with Crippen LogP contribution in [0.1, 0.15) is 33.6 Å². The minimum atomic E-state index is -0.576. The van der Waals surface area contributed by atoms with Crippen molar-refractivity contribution in [2.24, 2.45) is 5.92 Å². The van der Waals surface area contributed by atoms with Crippen LogP contribution in [0.2, 0.25) is 0 Å². The molecule has 0 amide bonds. The van der Waals surface area contributed by atoms with Gasteiger partial charge in [0.25, 0.3) is 0 Å². The summed E-state index contributed by atoms with van der Waals surface area (Å²) in [4.78, 5) is 2.20. The van der Waals surface area contributed by atoms with Gasteiger partial charge in [0.2, 0.25) is 0 Å². The third-order valence-corrected chi connectivity index (χ3v) is 2.72. The molecule has 0 saturated carbocycles. The van der Waals surface area contributed by atoms with E-state index in [1.807, 2.05) is 13.8 Å². The minimum absolute atomic E-state index is 0.576. The van der Waals surface area contributed by atoms with Gasteiger partial charge < -0.3 is 10.0 Å². The third kappa shape index (κ3) is 8.97. The number of hydrogen-bond acceptors (Lipinski definition) is 2. The van der Waals surface area contributed by atoms with E-state index in [4.69, 9.17) is 0 Å². The summed E-state index contributed by atoms with van der Waals surface area (Å²) in [7, 11) is 2.07. The van der Waals surface area contributed by atoms with Crippen molar-refractivity contribution in [1.82, 2.24) is 4.90 Å². The lowest BCUT2D eigenvalue weighted by molar-refractivity contribution is 0.0432. The lowest BCUT2D eigenvalue weighted by Gasteiger charge is -2.26. The highest BCUT2D eigenvalue weighted by Crippen LogP contribution is 2.11. The van der Waals surface area contributed by atoms with Crippen molar-refractivity contribution in [3.05, 3.63) is 0 Å². The first-order chi connectivity index (χ1) is 6.35. The Morgan fingerprint density at radius 2 is 1.93 bits per heavy atom. The Morgan fingerprint density at radius 1 is 1.36 bits per heavy atom. The molecule has 86 valence electrons. The molecule has 0 aliphatic carbocycles. The van der Waals surface area contributed by atoms with Crippen molar-refractivity contribution >= 4 is 15.9 Å². The smallest absolute Gasteiger partial charge is 0.0718 e. The molecule has 0 spiro atoms. The van der Waals surface area contributed by atoms with Crippen molar-refractivity contribution in [2.75, 3.05) is 25.5 Å². The third-order valence-electron chi connectivity index (χ3n) is 2.26. The Balaban J connectivity index is 3.58. The van der Waals surface area contributed by atoms with Crippen LogP contribution in [0.4, 0.5) is 0 Å². The molecule has 2 nitrogen and oxygen atoms in total. The van der Waals surface area contributed by atoms with Crippen LogP contribution in [0.15, 0.2) is 0 Å². The summed E-state index contributed by atoms with van der Waals surface area (Å²) in [6.45, 7) is 7.79. The molecule has 1 N–H and O–H groups in total. The molecule has 1 unspecified atom stereocenters. The highest BCUT2D eigenvalue weighted by molar-refractivity contribution is 9.09. The Kier molecular flexibility index (Phi) is 7.00. The van der Waals surface area contributed by atoms with Crippen LogP contribution in [0, 0.1) is 5.92 Å². The largest absolute Gasteiger partial charge is 0.389 e. The zero-order chi connectivity index (χ0) is 11.2. The van der Waals surface area contributed by atoms with E-state index in [1.54, 1.807) is 0 Å². The predicted molar refractivity (Wildman–Crippen MR) is 66.0 cm³/mol. The van der Waals surface area contributed by atoms with E-state index in [2.05, 4.69) is 34.8 Å².